The molecule has 0 bridgehead atoms. The van der Waals surface area contributed by atoms with E-state index < -0.39 is 0 Å². The Morgan fingerprint density at radius 2 is 1.70 bits per heavy atom. The summed E-state index contributed by atoms with van der Waals surface area (Å²) < 4.78 is 13.8. The molecule has 0 saturated carbocycles. The maximum absolute atomic E-state index is 13.0. The number of fused-ring (bicyclic) bond motifs is 3. The summed E-state index contributed by atoms with van der Waals surface area (Å²) in [5.41, 5.74) is 5.36. The van der Waals surface area contributed by atoms with Crippen LogP contribution in [0.2, 0.25) is 5.02 Å². The number of aryl methyl sites for hydroxylation is 3. The van der Waals surface area contributed by atoms with Gasteiger partial charge in [0.15, 0.2) is 11.5 Å². The molecule has 1 aromatic heterocycles. The molecular weight excluding hydrogens is 564 g/mol. The molecule has 1 saturated heterocycles. The number of amides is 1. The largest absolute Gasteiger partial charge is 0.493 e. The van der Waals surface area contributed by atoms with Crippen molar-refractivity contribution in [3.8, 4) is 17.2 Å². The number of carbonyl (C=O) groups excluding carboxylic acids is 1. The average Bonchev–Trinajstić information content (AvgIpc) is 3.26. The van der Waals surface area contributed by atoms with Crippen molar-refractivity contribution < 1.29 is 14.3 Å². The van der Waals surface area contributed by atoms with Crippen LogP contribution in [-0.4, -0.2) is 70.3 Å². The molecule has 1 N–H and O–H groups in total. The molecule has 3 heterocycles. The number of ether oxygens (including phenoxy) is 2. The van der Waals surface area contributed by atoms with Gasteiger partial charge < -0.3 is 14.8 Å². The third-order valence-electron chi connectivity index (χ3n) is 8.10. The molecule has 43 heavy (non-hydrogen) atoms. The lowest BCUT2D eigenvalue weighted by atomic mass is 10.0. The topological polar surface area (TPSA) is 84.8 Å². The van der Waals surface area contributed by atoms with E-state index in [0.717, 1.165) is 86.3 Å². The lowest BCUT2D eigenvalue weighted by molar-refractivity contribution is -0.117. The number of rotatable bonds is 9. The van der Waals surface area contributed by atoms with Crippen LogP contribution >= 0.6 is 11.6 Å². The quantitative estimate of drug-likeness (QED) is 0.287. The molecule has 10 heteroatoms. The van der Waals surface area contributed by atoms with Crippen LogP contribution in [0.3, 0.4) is 0 Å². The Kier molecular flexibility index (Phi) is 8.92. The van der Waals surface area contributed by atoms with Crippen molar-refractivity contribution in [2.75, 3.05) is 45.2 Å². The number of nitrogens with zero attached hydrogens (tertiary/aromatic N) is 5. The van der Waals surface area contributed by atoms with Crippen LogP contribution in [0.5, 0.6) is 11.5 Å². The standard InChI is InChI=1S/C33H37ClN6O3/c1-23-36-37-32-13-7-26-19-28(10-11-29(26)40(23)32)35-33(41)21-39-15-3-14-38(16-17-39)20-25-6-12-30(31(18-25)42-2)43-22-24-4-8-27(34)9-5-24/h4-6,8-12,18-19H,3,7,13-17,20-22H2,1-2H3,(H,35,41). The summed E-state index contributed by atoms with van der Waals surface area (Å²) in [6, 6.07) is 19.9. The van der Waals surface area contributed by atoms with Crippen LogP contribution in [0.4, 0.5) is 5.69 Å². The Balaban J connectivity index is 0.996. The van der Waals surface area contributed by atoms with E-state index in [0.29, 0.717) is 23.9 Å². The van der Waals surface area contributed by atoms with Crippen LogP contribution in [0.15, 0.2) is 60.7 Å². The Bertz CT molecular complexity index is 1590. The first kappa shape index (κ1) is 29.2. The molecule has 0 radical (unpaired) electrons. The van der Waals surface area contributed by atoms with Gasteiger partial charge in [0.25, 0.3) is 0 Å². The minimum absolute atomic E-state index is 0.0179. The van der Waals surface area contributed by atoms with Crippen LogP contribution < -0.4 is 14.8 Å². The molecule has 2 aliphatic rings. The normalized spacial score (nSPS) is 15.3. The van der Waals surface area contributed by atoms with Crippen molar-refractivity contribution in [1.29, 1.82) is 0 Å². The van der Waals surface area contributed by atoms with Gasteiger partial charge in [-0.25, -0.2) is 0 Å². The second-order valence-corrected chi connectivity index (χ2v) is 11.6. The number of hydrogen-bond acceptors (Lipinski definition) is 7. The van der Waals surface area contributed by atoms with E-state index in [1.54, 1.807) is 7.11 Å². The van der Waals surface area contributed by atoms with Crippen molar-refractivity contribution >= 4 is 23.2 Å². The maximum atomic E-state index is 13.0. The van der Waals surface area contributed by atoms with Gasteiger partial charge in [0.05, 0.1) is 19.3 Å². The zero-order valence-corrected chi connectivity index (χ0v) is 25.4. The molecule has 224 valence electrons. The van der Waals surface area contributed by atoms with E-state index in [4.69, 9.17) is 21.1 Å². The van der Waals surface area contributed by atoms with Crippen LogP contribution in [0.25, 0.3) is 5.69 Å². The highest BCUT2D eigenvalue weighted by Crippen LogP contribution is 2.30. The highest BCUT2D eigenvalue weighted by molar-refractivity contribution is 6.30. The molecule has 1 fully saturated rings. The fraction of sp³-hybridized carbons (Fsp3) is 0.364. The molecule has 3 aromatic carbocycles. The minimum Gasteiger partial charge on any atom is -0.493 e. The van der Waals surface area contributed by atoms with Crippen molar-refractivity contribution in [3.05, 3.63) is 94.0 Å². The van der Waals surface area contributed by atoms with Crippen molar-refractivity contribution in [1.82, 2.24) is 24.6 Å². The SMILES string of the molecule is COc1cc(CN2CCCN(CC(=O)Nc3ccc4c(c3)CCc3nnc(C)n3-4)CC2)ccc1OCc1ccc(Cl)cc1. The van der Waals surface area contributed by atoms with Gasteiger partial charge in [-0.05, 0) is 92.0 Å². The highest BCUT2D eigenvalue weighted by atomic mass is 35.5. The predicted molar refractivity (Wildman–Crippen MR) is 167 cm³/mol. The zero-order chi connectivity index (χ0) is 29.8. The third-order valence-corrected chi connectivity index (χ3v) is 8.36. The number of hydrogen-bond donors (Lipinski definition) is 1. The molecule has 2 aliphatic heterocycles. The summed E-state index contributed by atoms with van der Waals surface area (Å²) in [5, 5.41) is 12.3. The van der Waals surface area contributed by atoms with Crippen LogP contribution in [0, 0.1) is 6.92 Å². The summed E-state index contributed by atoms with van der Waals surface area (Å²) in [6.45, 7) is 7.21. The third kappa shape index (κ3) is 7.01. The second kappa shape index (κ2) is 13.2. The minimum atomic E-state index is 0.0179. The van der Waals surface area contributed by atoms with E-state index >= 15 is 0 Å². The number of nitrogens with one attached hydrogen (secondary N) is 1. The van der Waals surface area contributed by atoms with Crippen LogP contribution in [-0.2, 0) is 30.8 Å². The van der Waals surface area contributed by atoms with Gasteiger partial charge in [-0.3, -0.25) is 19.2 Å². The summed E-state index contributed by atoms with van der Waals surface area (Å²) >= 11 is 5.99. The second-order valence-electron chi connectivity index (χ2n) is 11.2. The lowest BCUT2D eigenvalue weighted by Crippen LogP contribution is -2.36. The van der Waals surface area contributed by atoms with E-state index in [1.165, 1.54) is 11.1 Å². The fourth-order valence-electron chi connectivity index (χ4n) is 5.88. The molecule has 0 unspecified atom stereocenters. The first-order chi connectivity index (χ1) is 20.9. The number of anilines is 1. The van der Waals surface area contributed by atoms with Gasteiger partial charge in [-0.2, -0.15) is 0 Å². The smallest absolute Gasteiger partial charge is 0.238 e. The monoisotopic (exact) mass is 600 g/mol. The Hall–Kier alpha value is -3.92. The van der Waals surface area contributed by atoms with E-state index in [2.05, 4.69) is 54.1 Å². The van der Waals surface area contributed by atoms with Gasteiger partial charge in [-0.1, -0.05) is 29.8 Å². The van der Waals surface area contributed by atoms with Crippen molar-refractivity contribution in [2.45, 2.75) is 39.3 Å². The number of carbonyl (C=O) groups is 1. The average molecular weight is 601 g/mol. The molecule has 0 atom stereocenters. The Morgan fingerprint density at radius 3 is 2.53 bits per heavy atom. The fourth-order valence-corrected chi connectivity index (χ4v) is 6.01. The van der Waals surface area contributed by atoms with Gasteiger partial charge in [0.2, 0.25) is 5.91 Å². The summed E-state index contributed by atoms with van der Waals surface area (Å²) in [6.07, 6.45) is 2.75. The van der Waals surface area contributed by atoms with Crippen molar-refractivity contribution in [3.63, 3.8) is 0 Å². The van der Waals surface area contributed by atoms with Crippen LogP contribution in [0.1, 0.15) is 34.8 Å². The first-order valence-electron chi connectivity index (χ1n) is 14.8. The number of halogens is 1. The van der Waals surface area contributed by atoms with E-state index in [-0.39, 0.29) is 5.91 Å². The lowest BCUT2D eigenvalue weighted by Gasteiger charge is -2.22. The molecular formula is C33H37ClN6O3. The van der Waals surface area contributed by atoms with E-state index in [9.17, 15) is 4.79 Å². The molecule has 6 rings (SSSR count). The molecule has 1 amide bonds. The summed E-state index contributed by atoms with van der Waals surface area (Å²) in [4.78, 5) is 17.7. The molecule has 0 spiro atoms. The number of benzene rings is 3. The van der Waals surface area contributed by atoms with Gasteiger partial charge in [0, 0.05) is 36.8 Å². The first-order valence-corrected chi connectivity index (χ1v) is 15.2. The predicted octanol–water partition coefficient (Wildman–Crippen LogP) is 5.06. The van der Waals surface area contributed by atoms with Gasteiger partial charge in [0.1, 0.15) is 18.3 Å². The summed E-state index contributed by atoms with van der Waals surface area (Å²) in [5.74, 6) is 3.33. The number of aromatic nitrogens is 3. The highest BCUT2D eigenvalue weighted by Gasteiger charge is 2.21. The maximum Gasteiger partial charge on any atom is 0.238 e. The Morgan fingerprint density at radius 1 is 0.907 bits per heavy atom. The Labute approximate surface area is 257 Å². The zero-order valence-electron chi connectivity index (χ0n) is 24.7. The molecule has 9 nitrogen and oxygen atoms in total. The molecule has 0 aliphatic carbocycles. The summed E-state index contributed by atoms with van der Waals surface area (Å²) in [7, 11) is 1.67. The van der Waals surface area contributed by atoms with Gasteiger partial charge in [-0.15, -0.1) is 10.2 Å². The molecule has 4 aromatic rings. The van der Waals surface area contributed by atoms with E-state index in [1.807, 2.05) is 43.3 Å². The number of methoxy groups -OCH3 is 1. The van der Waals surface area contributed by atoms with Crippen molar-refractivity contribution in [2.24, 2.45) is 0 Å². The van der Waals surface area contributed by atoms with Gasteiger partial charge >= 0.3 is 0 Å².